The standard InChI is InChI=1S/C91H131N23O24/c115-69(101-32-2-17-55(101)77(124)100-53-76(122)123)46-93-79(126)57-19-4-40-109(57)86(133)64-26-11-34-103(64)71(117)48-95-81(128)59-21-6-42-111(59)88(135)66-28-13-36-105(66)73(119)50-97-83(130)61-23-8-44-113(61)90(137)68-30-15-38-107(68)75(121)52-99-84(131)62-24-9-45-114(62)91(138)67-29-14-37-106(67)74(120)51-98-82(129)60-22-7-43-112(60)89(136)65-27-12-35-104(65)72(118)49-96-80(127)58-20-5-41-110(58)87(134)63-25-10-33-102(63)70(116)47-94-78(125)56-18-3-39-108(56)85(132)54-16-1-31-92-54/h54-68,92H,1-53H2,(H,93,126)(H,94,125)(H,95,128)(H,96,127)(H,97,130)(H,98,129)(H,99,131)(H,100,124)(H,122,123)/t54-,55-,56-,57-,58-,59-,60-,61-,62-,63-,64-,65-,66-,67-,68-/m0/s1. The number of carboxylic acids is 1. The number of nitrogens with zero attached hydrogens (tertiary/aromatic N) is 14. The summed E-state index contributed by atoms with van der Waals surface area (Å²) in [5, 5.41) is 33.1. The van der Waals surface area contributed by atoms with Crippen molar-refractivity contribution in [3.05, 3.63) is 0 Å². The molecule has 138 heavy (non-hydrogen) atoms. The smallest absolute Gasteiger partial charge is 0.322 e. The Morgan fingerprint density at radius 3 is 0.493 bits per heavy atom. The zero-order valence-corrected chi connectivity index (χ0v) is 78.2. The maximum Gasteiger partial charge on any atom is 0.322 e. The Morgan fingerprint density at radius 1 is 0.181 bits per heavy atom. The molecule has 15 aliphatic heterocycles. The molecular weight excluding hydrogens is 1800 g/mol. The van der Waals surface area contributed by atoms with E-state index in [0.29, 0.717) is 141 Å². The van der Waals surface area contributed by atoms with Gasteiger partial charge in [-0.15, -0.1) is 0 Å². The van der Waals surface area contributed by atoms with Gasteiger partial charge in [-0.3, -0.25) is 110 Å². The van der Waals surface area contributed by atoms with Gasteiger partial charge in [0.15, 0.2) is 0 Å². The van der Waals surface area contributed by atoms with E-state index < -0.39 is 260 Å². The van der Waals surface area contributed by atoms with Gasteiger partial charge in [0.05, 0.1) is 51.9 Å². The van der Waals surface area contributed by atoms with E-state index in [1.54, 1.807) is 4.90 Å². The molecule has 15 fully saturated rings. The zero-order valence-electron chi connectivity index (χ0n) is 78.2. The van der Waals surface area contributed by atoms with E-state index in [4.69, 9.17) is 5.11 Å². The van der Waals surface area contributed by atoms with Crippen molar-refractivity contribution in [2.45, 2.75) is 283 Å². The molecule has 0 radical (unpaired) electrons. The van der Waals surface area contributed by atoms with Gasteiger partial charge < -0.3 is 122 Å². The molecule has 22 amide bonds. The van der Waals surface area contributed by atoms with Crippen molar-refractivity contribution < 1.29 is 115 Å². The van der Waals surface area contributed by atoms with Gasteiger partial charge in [-0.25, -0.2) is 0 Å². The fourth-order valence-electron chi connectivity index (χ4n) is 23.6. The summed E-state index contributed by atoms with van der Waals surface area (Å²) in [6.45, 7) is -0.182. The minimum atomic E-state index is -1.24. The van der Waals surface area contributed by atoms with Crippen LogP contribution >= 0.6 is 0 Å². The summed E-state index contributed by atoms with van der Waals surface area (Å²) in [6, 6.07) is -13.5. The van der Waals surface area contributed by atoms with Crippen LogP contribution in [0.5, 0.6) is 0 Å². The maximum absolute atomic E-state index is 14.5. The van der Waals surface area contributed by atoms with Crippen molar-refractivity contribution in [2.75, 3.05) is 151 Å². The molecule has 0 bridgehead atoms. The monoisotopic (exact) mass is 1930 g/mol. The van der Waals surface area contributed by atoms with E-state index in [-0.39, 0.29) is 155 Å². The summed E-state index contributed by atoms with van der Waals surface area (Å²) < 4.78 is 0. The van der Waals surface area contributed by atoms with Crippen LogP contribution in [0.4, 0.5) is 0 Å². The van der Waals surface area contributed by atoms with Crippen molar-refractivity contribution in [1.82, 2.24) is 116 Å². The van der Waals surface area contributed by atoms with Crippen LogP contribution in [0.2, 0.25) is 0 Å². The number of rotatable bonds is 31. The van der Waals surface area contributed by atoms with Gasteiger partial charge in [-0.05, 0) is 199 Å². The molecule has 15 saturated heterocycles. The van der Waals surface area contributed by atoms with Gasteiger partial charge in [0.2, 0.25) is 130 Å². The van der Waals surface area contributed by atoms with Crippen LogP contribution in [0.1, 0.15) is 193 Å². The third kappa shape index (κ3) is 22.1. The Labute approximate surface area is 798 Å². The fourth-order valence-corrected chi connectivity index (χ4v) is 23.6. The third-order valence-electron chi connectivity index (χ3n) is 30.6. The van der Waals surface area contributed by atoms with Gasteiger partial charge in [0.1, 0.15) is 91.1 Å². The number of likely N-dealkylation sites (tertiary alicyclic amines) is 14. The van der Waals surface area contributed by atoms with Gasteiger partial charge in [0, 0.05) is 91.6 Å². The highest BCUT2D eigenvalue weighted by Gasteiger charge is 2.52. The van der Waals surface area contributed by atoms with Crippen LogP contribution in [0, 0.1) is 0 Å². The molecule has 754 valence electrons. The second kappa shape index (κ2) is 45.1. The molecular formula is C91H131N23O24. The Bertz CT molecular complexity index is 4620. The van der Waals surface area contributed by atoms with Crippen molar-refractivity contribution in [3.63, 3.8) is 0 Å². The summed E-state index contributed by atoms with van der Waals surface area (Å²) in [5.74, 6) is -12.7. The molecule has 0 aromatic heterocycles. The number of carboxylic acid groups (broad SMARTS) is 1. The van der Waals surface area contributed by atoms with Crippen molar-refractivity contribution in [3.8, 4) is 0 Å². The first-order valence-electron chi connectivity index (χ1n) is 49.8. The van der Waals surface area contributed by atoms with Crippen molar-refractivity contribution in [2.24, 2.45) is 0 Å². The van der Waals surface area contributed by atoms with E-state index in [9.17, 15) is 110 Å². The van der Waals surface area contributed by atoms with Gasteiger partial charge in [-0.1, -0.05) is 0 Å². The molecule has 0 aromatic carbocycles. The van der Waals surface area contributed by atoms with Crippen LogP contribution in [-0.2, 0) is 110 Å². The summed E-state index contributed by atoms with van der Waals surface area (Å²) in [5.41, 5.74) is 0. The topological polar surface area (TPSA) is 566 Å². The van der Waals surface area contributed by atoms with Crippen LogP contribution in [-0.4, -0.2) is 451 Å². The molecule has 0 spiro atoms. The quantitative estimate of drug-likeness (QED) is 0.0308. The molecule has 47 heteroatoms. The predicted octanol–water partition coefficient (Wildman–Crippen LogP) is -7.37. The molecule has 10 N–H and O–H groups in total. The Morgan fingerprint density at radius 2 is 0.326 bits per heavy atom. The van der Waals surface area contributed by atoms with Gasteiger partial charge in [0.25, 0.3) is 0 Å². The summed E-state index contributed by atoms with van der Waals surface area (Å²) >= 11 is 0. The summed E-state index contributed by atoms with van der Waals surface area (Å²) in [6.07, 6.45) is 12.4. The normalized spacial score (nSPS) is 27.9. The lowest BCUT2D eigenvalue weighted by atomic mass is 10.1. The van der Waals surface area contributed by atoms with Crippen LogP contribution in [0.15, 0.2) is 0 Å². The Balaban J connectivity index is 0.459. The minimum absolute atomic E-state index is 0.124. The van der Waals surface area contributed by atoms with E-state index in [1.807, 2.05) is 0 Å². The third-order valence-corrected chi connectivity index (χ3v) is 30.6. The molecule has 15 rings (SSSR count). The van der Waals surface area contributed by atoms with E-state index in [2.05, 4.69) is 47.9 Å². The molecule has 15 heterocycles. The van der Waals surface area contributed by atoms with Crippen LogP contribution < -0.4 is 47.9 Å². The van der Waals surface area contributed by atoms with Crippen molar-refractivity contribution >= 4 is 136 Å². The molecule has 0 aromatic rings. The molecule has 0 unspecified atom stereocenters. The lowest BCUT2D eigenvalue weighted by Crippen LogP contribution is -2.57. The van der Waals surface area contributed by atoms with Crippen LogP contribution in [0.25, 0.3) is 0 Å². The SMILES string of the molecule is O=C(O)CNC(=O)[C@@H]1CCCN1C(=O)CNC(=O)[C@@H]1CCCN1C(=O)[C@@H]1CCCN1C(=O)CNC(=O)[C@@H]1CCCN1C(=O)[C@@H]1CCCN1C(=O)CNC(=O)[C@@H]1CCCN1C(=O)[C@@H]1CCCN1C(=O)CNC(=O)[C@@H]1CCCN1C(=O)[C@@H]1CCCN1C(=O)CNC(=O)[C@@H]1CCCN1C(=O)[C@@H]1CCCN1C(=O)CNC(=O)[C@@H]1CCCN1C(=O)[C@@H]1CCCN1C(=O)CNC(=O)[C@@H]1CCCN1C(=O)[C@@H]1CCCN1. The van der Waals surface area contributed by atoms with E-state index in [1.165, 1.54) is 63.7 Å². The first kappa shape index (κ1) is 100. The van der Waals surface area contributed by atoms with Crippen molar-refractivity contribution in [1.29, 1.82) is 0 Å². The second-order valence-corrected chi connectivity index (χ2v) is 38.8. The van der Waals surface area contributed by atoms with Gasteiger partial charge in [-0.2, -0.15) is 0 Å². The maximum atomic E-state index is 14.5. The fraction of sp³-hybridized carbons (Fsp3) is 0.747. The first-order chi connectivity index (χ1) is 66.5. The molecule has 0 aliphatic carbocycles. The highest BCUT2D eigenvalue weighted by molar-refractivity contribution is 6.03. The number of carbonyl (C=O) groups is 23. The average molecular weight is 1930 g/mol. The average Bonchev–Trinajstić information content (AvgIpc) is 1.66. The molecule has 0 saturated carbocycles. The largest absolute Gasteiger partial charge is 0.480 e. The Kier molecular flexibility index (Phi) is 32.8. The van der Waals surface area contributed by atoms with Gasteiger partial charge >= 0.3 is 5.97 Å². The number of hydrogen-bond acceptors (Lipinski definition) is 24. The minimum Gasteiger partial charge on any atom is -0.480 e. The summed E-state index contributed by atoms with van der Waals surface area (Å²) in [4.78, 5) is 336. The highest BCUT2D eigenvalue weighted by atomic mass is 16.4. The number of nitrogens with one attached hydrogen (secondary N) is 9. The second-order valence-electron chi connectivity index (χ2n) is 38.8. The lowest BCUT2D eigenvalue weighted by Gasteiger charge is -2.33. The first-order valence-corrected chi connectivity index (χ1v) is 49.8. The molecule has 15 aliphatic rings. The number of hydrogen-bond donors (Lipinski definition) is 10. The highest BCUT2D eigenvalue weighted by Crippen LogP contribution is 2.35. The zero-order chi connectivity index (χ0) is 97.9. The number of amides is 22. The van der Waals surface area contributed by atoms with Crippen LogP contribution in [0.3, 0.4) is 0 Å². The van der Waals surface area contributed by atoms with E-state index in [0.717, 1.165) is 13.0 Å². The number of carbonyl (C=O) groups excluding carboxylic acids is 22. The predicted molar refractivity (Wildman–Crippen MR) is 479 cm³/mol. The lowest BCUT2D eigenvalue weighted by molar-refractivity contribution is -0.148. The molecule has 15 atom stereocenters. The Hall–Kier alpha value is -12.2. The summed E-state index contributed by atoms with van der Waals surface area (Å²) in [7, 11) is 0. The number of aliphatic carboxylic acids is 1. The van der Waals surface area contributed by atoms with E-state index >= 15 is 0 Å². The molecule has 47 nitrogen and oxygen atoms in total.